The molecular formula is C15H14FNO3. The summed E-state index contributed by atoms with van der Waals surface area (Å²) in [5.41, 5.74) is 7.25. The Kier molecular flexibility index (Phi) is 3.89. The first kappa shape index (κ1) is 13.9. The zero-order valence-electron chi connectivity index (χ0n) is 11.1. The molecule has 0 aromatic heterocycles. The summed E-state index contributed by atoms with van der Waals surface area (Å²) in [4.78, 5) is 11.4. The van der Waals surface area contributed by atoms with Crippen LogP contribution in [0.2, 0.25) is 0 Å². The predicted octanol–water partition coefficient (Wildman–Crippen LogP) is 2.87. The largest absolute Gasteiger partial charge is 0.497 e. The van der Waals surface area contributed by atoms with Gasteiger partial charge in [0, 0.05) is 17.3 Å². The minimum absolute atomic E-state index is 0.240. The Morgan fingerprint density at radius 3 is 2.45 bits per heavy atom. The summed E-state index contributed by atoms with van der Waals surface area (Å²) < 4.78 is 23.5. The number of hydrogen-bond acceptors (Lipinski definition) is 4. The zero-order chi connectivity index (χ0) is 14.7. The van der Waals surface area contributed by atoms with Gasteiger partial charge >= 0.3 is 5.97 Å². The summed E-state index contributed by atoms with van der Waals surface area (Å²) in [6, 6.07) is 9.22. The highest BCUT2D eigenvalue weighted by molar-refractivity contribution is 5.96. The van der Waals surface area contributed by atoms with Crippen molar-refractivity contribution < 1.29 is 18.7 Å². The minimum Gasteiger partial charge on any atom is -0.497 e. The number of ether oxygens (including phenoxy) is 2. The predicted molar refractivity (Wildman–Crippen MR) is 74.1 cm³/mol. The second-order valence-corrected chi connectivity index (χ2v) is 4.14. The molecule has 0 aliphatic carbocycles. The highest BCUT2D eigenvalue weighted by Gasteiger charge is 2.12. The summed E-state index contributed by atoms with van der Waals surface area (Å²) in [5.74, 6) is -0.510. The van der Waals surface area contributed by atoms with Crippen molar-refractivity contribution in [1.29, 1.82) is 0 Å². The first-order chi connectivity index (χ1) is 9.56. The monoisotopic (exact) mass is 275 g/mol. The van der Waals surface area contributed by atoms with Gasteiger partial charge in [-0.25, -0.2) is 9.18 Å². The van der Waals surface area contributed by atoms with E-state index >= 15 is 0 Å². The van der Waals surface area contributed by atoms with Crippen molar-refractivity contribution in [3.8, 4) is 16.9 Å². The molecule has 104 valence electrons. The van der Waals surface area contributed by atoms with E-state index in [1.54, 1.807) is 18.2 Å². The van der Waals surface area contributed by atoms with Gasteiger partial charge < -0.3 is 15.2 Å². The average Bonchev–Trinajstić information content (AvgIpc) is 2.46. The lowest BCUT2D eigenvalue weighted by Gasteiger charge is -2.09. The number of hydrogen-bond donors (Lipinski definition) is 1. The number of halogens is 1. The van der Waals surface area contributed by atoms with Gasteiger partial charge in [0.25, 0.3) is 0 Å². The molecule has 0 amide bonds. The maximum atomic E-state index is 14.0. The summed E-state index contributed by atoms with van der Waals surface area (Å²) in [6.45, 7) is 0. The quantitative estimate of drug-likeness (QED) is 0.691. The van der Waals surface area contributed by atoms with Gasteiger partial charge in [-0.05, 0) is 29.8 Å². The Bertz CT molecular complexity index is 656. The molecular weight excluding hydrogens is 261 g/mol. The van der Waals surface area contributed by atoms with Gasteiger partial charge in [-0.3, -0.25) is 0 Å². The zero-order valence-corrected chi connectivity index (χ0v) is 11.1. The van der Waals surface area contributed by atoms with Crippen LogP contribution >= 0.6 is 0 Å². The molecule has 0 saturated heterocycles. The number of rotatable bonds is 3. The van der Waals surface area contributed by atoms with Crippen molar-refractivity contribution >= 4 is 11.7 Å². The summed E-state index contributed by atoms with van der Waals surface area (Å²) >= 11 is 0. The Balaban J connectivity index is 2.44. The lowest BCUT2D eigenvalue weighted by molar-refractivity contribution is 0.0602. The number of anilines is 1. The van der Waals surface area contributed by atoms with Crippen LogP contribution < -0.4 is 10.5 Å². The molecule has 2 aromatic carbocycles. The van der Waals surface area contributed by atoms with E-state index in [4.69, 9.17) is 10.5 Å². The van der Waals surface area contributed by atoms with Gasteiger partial charge in [0.05, 0.1) is 19.8 Å². The normalized spacial score (nSPS) is 10.2. The second-order valence-electron chi connectivity index (χ2n) is 4.14. The van der Waals surface area contributed by atoms with Crippen LogP contribution in [-0.2, 0) is 4.74 Å². The molecule has 0 aliphatic heterocycles. The van der Waals surface area contributed by atoms with E-state index in [0.29, 0.717) is 16.9 Å². The maximum Gasteiger partial charge on any atom is 0.339 e. The maximum absolute atomic E-state index is 14.0. The molecule has 5 heteroatoms. The van der Waals surface area contributed by atoms with Crippen molar-refractivity contribution in [3.63, 3.8) is 0 Å². The number of benzene rings is 2. The summed E-state index contributed by atoms with van der Waals surface area (Å²) in [7, 11) is 2.75. The smallest absolute Gasteiger partial charge is 0.339 e. The van der Waals surface area contributed by atoms with Gasteiger partial charge in [-0.1, -0.05) is 6.07 Å². The molecule has 0 bridgehead atoms. The van der Waals surface area contributed by atoms with Crippen LogP contribution in [0, 0.1) is 5.82 Å². The summed E-state index contributed by atoms with van der Waals surface area (Å²) in [5, 5.41) is 0. The summed E-state index contributed by atoms with van der Waals surface area (Å²) in [6.07, 6.45) is 0. The van der Waals surface area contributed by atoms with Crippen LogP contribution in [0.4, 0.5) is 10.1 Å². The first-order valence-electron chi connectivity index (χ1n) is 5.88. The van der Waals surface area contributed by atoms with Gasteiger partial charge in [-0.15, -0.1) is 0 Å². The lowest BCUT2D eigenvalue weighted by atomic mass is 10.0. The standard InChI is InChI=1S/C15H14FNO3/c1-19-10-4-6-11(13(16)8-10)9-3-5-12(14(17)7-9)15(18)20-2/h3-8H,17H2,1-2H3. The van der Waals surface area contributed by atoms with Crippen molar-refractivity contribution in [1.82, 2.24) is 0 Å². The number of carbonyl (C=O) groups is 1. The van der Waals surface area contributed by atoms with Crippen LogP contribution in [-0.4, -0.2) is 20.2 Å². The molecule has 0 heterocycles. The third kappa shape index (κ3) is 2.56. The van der Waals surface area contributed by atoms with Crippen molar-refractivity contribution in [3.05, 3.63) is 47.8 Å². The van der Waals surface area contributed by atoms with E-state index in [-0.39, 0.29) is 11.3 Å². The van der Waals surface area contributed by atoms with E-state index in [0.717, 1.165) is 0 Å². The number of esters is 1. The molecule has 0 spiro atoms. The van der Waals surface area contributed by atoms with Crippen molar-refractivity contribution in [2.24, 2.45) is 0 Å². The van der Waals surface area contributed by atoms with Gasteiger partial charge in [-0.2, -0.15) is 0 Å². The van der Waals surface area contributed by atoms with Crippen molar-refractivity contribution in [2.45, 2.75) is 0 Å². The molecule has 2 rings (SSSR count). The first-order valence-corrected chi connectivity index (χ1v) is 5.88. The third-order valence-corrected chi connectivity index (χ3v) is 2.94. The topological polar surface area (TPSA) is 61.5 Å². The second kappa shape index (κ2) is 5.61. The number of carbonyl (C=O) groups excluding carboxylic acids is 1. The van der Waals surface area contributed by atoms with E-state index in [9.17, 15) is 9.18 Å². The molecule has 0 unspecified atom stereocenters. The molecule has 20 heavy (non-hydrogen) atoms. The average molecular weight is 275 g/mol. The lowest BCUT2D eigenvalue weighted by Crippen LogP contribution is -2.05. The van der Waals surface area contributed by atoms with Gasteiger partial charge in [0.2, 0.25) is 0 Å². The Morgan fingerprint density at radius 1 is 1.15 bits per heavy atom. The van der Waals surface area contributed by atoms with Crippen molar-refractivity contribution in [2.75, 3.05) is 20.0 Å². The fourth-order valence-corrected chi connectivity index (χ4v) is 1.88. The van der Waals surface area contributed by atoms with Gasteiger partial charge in [0.1, 0.15) is 11.6 Å². The van der Waals surface area contributed by atoms with E-state index in [2.05, 4.69) is 4.74 Å². The SMILES string of the molecule is COC(=O)c1ccc(-c2ccc(OC)cc2F)cc1N. The molecule has 4 nitrogen and oxygen atoms in total. The molecule has 0 aliphatic rings. The van der Waals surface area contributed by atoms with Crippen LogP contribution in [0.5, 0.6) is 5.75 Å². The minimum atomic E-state index is -0.524. The molecule has 0 radical (unpaired) electrons. The number of methoxy groups -OCH3 is 2. The van der Waals surface area contributed by atoms with E-state index in [1.165, 1.54) is 32.4 Å². The highest BCUT2D eigenvalue weighted by atomic mass is 19.1. The van der Waals surface area contributed by atoms with E-state index < -0.39 is 11.8 Å². The molecule has 2 aromatic rings. The van der Waals surface area contributed by atoms with Crippen LogP contribution in [0.1, 0.15) is 10.4 Å². The molecule has 0 saturated carbocycles. The molecule has 2 N–H and O–H groups in total. The van der Waals surface area contributed by atoms with E-state index in [1.807, 2.05) is 0 Å². The Labute approximate surface area is 115 Å². The number of nitrogen functional groups attached to an aromatic ring is 1. The van der Waals surface area contributed by atoms with Crippen LogP contribution in [0.3, 0.4) is 0 Å². The highest BCUT2D eigenvalue weighted by Crippen LogP contribution is 2.28. The fourth-order valence-electron chi connectivity index (χ4n) is 1.88. The Hall–Kier alpha value is -2.56. The molecule has 0 fully saturated rings. The van der Waals surface area contributed by atoms with Gasteiger partial charge in [0.15, 0.2) is 0 Å². The Morgan fingerprint density at radius 2 is 1.90 bits per heavy atom. The number of nitrogens with two attached hydrogens (primary N) is 1. The fraction of sp³-hybridized carbons (Fsp3) is 0.133. The van der Waals surface area contributed by atoms with Crippen LogP contribution in [0.15, 0.2) is 36.4 Å². The van der Waals surface area contributed by atoms with Crippen LogP contribution in [0.25, 0.3) is 11.1 Å². The molecule has 0 atom stereocenters. The third-order valence-electron chi connectivity index (χ3n) is 2.94.